The van der Waals surface area contributed by atoms with Crippen LogP contribution in [-0.2, 0) is 18.4 Å². The maximum absolute atomic E-state index is 12.9. The summed E-state index contributed by atoms with van der Waals surface area (Å²) in [5.41, 5.74) is 0. The summed E-state index contributed by atoms with van der Waals surface area (Å²) in [5.74, 6) is -0.202. The van der Waals surface area contributed by atoms with Crippen LogP contribution in [0.15, 0.2) is 48.6 Å². The van der Waals surface area contributed by atoms with E-state index in [1.165, 1.54) is 154 Å². The summed E-state index contributed by atoms with van der Waals surface area (Å²) in [6.07, 6.45) is 60.8. The van der Waals surface area contributed by atoms with Crippen molar-refractivity contribution in [2.45, 2.75) is 257 Å². The Balaban J connectivity index is 4.19. The highest BCUT2D eigenvalue weighted by Gasteiger charge is 2.27. The van der Waals surface area contributed by atoms with Crippen LogP contribution in [0.4, 0.5) is 0 Å². The molecule has 0 rings (SSSR count). The molecule has 0 aliphatic heterocycles. The first-order chi connectivity index (χ1) is 31.0. The molecule has 8 nitrogen and oxygen atoms in total. The van der Waals surface area contributed by atoms with Crippen molar-refractivity contribution in [3.8, 4) is 0 Å². The minimum atomic E-state index is -4.35. The van der Waals surface area contributed by atoms with Gasteiger partial charge in [0.05, 0.1) is 39.9 Å². The standard InChI is InChI=1S/C55H105N2O6P/c1-6-8-10-12-14-16-18-20-21-22-23-24-25-26-27-28-29-30-31-32-33-34-35-37-38-40-42-44-46-48-54(58)53(52-63-64(60,61)62-51-50-57(3,4)5)56-55(59)49-47-45-43-41-39-36-19-17-15-13-11-9-7-2/h11,13,17,19,38,40,46,48,53-54,58H,6-10,12,14-16,18,20-37,39,41-45,47,49-52H2,1-5H3,(H-,56,59,60,61)/p+1/b13-11-,19-17-,40-38+,48-46+. The van der Waals surface area contributed by atoms with Crippen LogP contribution in [0.3, 0.4) is 0 Å². The summed E-state index contributed by atoms with van der Waals surface area (Å²) >= 11 is 0. The van der Waals surface area contributed by atoms with Crippen molar-refractivity contribution in [1.29, 1.82) is 0 Å². The molecule has 0 bridgehead atoms. The van der Waals surface area contributed by atoms with E-state index in [1.54, 1.807) is 6.08 Å². The molecule has 3 N–H and O–H groups in total. The van der Waals surface area contributed by atoms with Gasteiger partial charge < -0.3 is 19.8 Å². The summed E-state index contributed by atoms with van der Waals surface area (Å²) in [6, 6.07) is -0.871. The topological polar surface area (TPSA) is 105 Å². The molecule has 0 saturated carbocycles. The van der Waals surface area contributed by atoms with E-state index in [9.17, 15) is 19.4 Å². The van der Waals surface area contributed by atoms with Gasteiger partial charge in [0, 0.05) is 6.42 Å². The van der Waals surface area contributed by atoms with Gasteiger partial charge in [-0.2, -0.15) is 0 Å². The van der Waals surface area contributed by atoms with Gasteiger partial charge in [0.2, 0.25) is 5.91 Å². The molecule has 3 unspecified atom stereocenters. The van der Waals surface area contributed by atoms with Crippen LogP contribution in [0.2, 0.25) is 0 Å². The Bertz CT molecular complexity index is 1180. The Labute approximate surface area is 397 Å². The highest BCUT2D eigenvalue weighted by atomic mass is 31.2. The molecule has 376 valence electrons. The Kier molecular flexibility index (Phi) is 45.4. The molecule has 0 saturated heterocycles. The number of allylic oxidation sites excluding steroid dienone is 7. The Morgan fingerprint density at radius 3 is 1.41 bits per heavy atom. The zero-order valence-electron chi connectivity index (χ0n) is 42.8. The second-order valence-electron chi connectivity index (χ2n) is 19.6. The first-order valence-corrected chi connectivity index (χ1v) is 28.5. The number of likely N-dealkylation sites (N-methyl/N-ethyl adjacent to an activating group) is 1. The van der Waals surface area contributed by atoms with Crippen LogP contribution in [0, 0.1) is 0 Å². The molecular weight excluding hydrogens is 816 g/mol. The first kappa shape index (κ1) is 62.5. The molecule has 0 aliphatic rings. The molecule has 64 heavy (non-hydrogen) atoms. The van der Waals surface area contributed by atoms with Crippen molar-refractivity contribution in [1.82, 2.24) is 5.32 Å². The second kappa shape index (κ2) is 46.6. The third kappa shape index (κ3) is 48.4. The zero-order valence-corrected chi connectivity index (χ0v) is 43.7. The maximum Gasteiger partial charge on any atom is 0.472 e. The number of nitrogens with zero attached hydrogens (tertiary/aromatic N) is 1. The summed E-state index contributed by atoms with van der Waals surface area (Å²) < 4.78 is 23.6. The molecule has 0 aliphatic carbocycles. The highest BCUT2D eigenvalue weighted by molar-refractivity contribution is 7.47. The fourth-order valence-corrected chi connectivity index (χ4v) is 8.48. The molecule has 0 radical (unpaired) electrons. The number of quaternary nitrogens is 1. The van der Waals surface area contributed by atoms with Crippen LogP contribution in [0.1, 0.15) is 245 Å². The largest absolute Gasteiger partial charge is 0.472 e. The monoisotopic (exact) mass is 922 g/mol. The number of aliphatic hydroxyl groups excluding tert-OH is 1. The van der Waals surface area contributed by atoms with Crippen molar-refractivity contribution in [3.05, 3.63) is 48.6 Å². The van der Waals surface area contributed by atoms with Crippen molar-refractivity contribution < 1.29 is 32.9 Å². The van der Waals surface area contributed by atoms with E-state index < -0.39 is 20.0 Å². The number of hydrogen-bond acceptors (Lipinski definition) is 5. The van der Waals surface area contributed by atoms with Crippen molar-refractivity contribution in [2.75, 3.05) is 40.9 Å². The lowest BCUT2D eigenvalue weighted by Crippen LogP contribution is -2.45. The molecule has 0 aromatic carbocycles. The van der Waals surface area contributed by atoms with E-state index >= 15 is 0 Å². The van der Waals surface area contributed by atoms with Gasteiger partial charge in [0.25, 0.3) is 0 Å². The number of unbranched alkanes of at least 4 members (excludes halogenated alkanes) is 30. The average molecular weight is 922 g/mol. The molecule has 1 amide bonds. The Morgan fingerprint density at radius 1 is 0.531 bits per heavy atom. The number of rotatable bonds is 49. The molecule has 3 atom stereocenters. The van der Waals surface area contributed by atoms with Gasteiger partial charge in [-0.25, -0.2) is 4.57 Å². The summed E-state index contributed by atoms with van der Waals surface area (Å²) in [4.78, 5) is 23.2. The van der Waals surface area contributed by atoms with Gasteiger partial charge in [0.1, 0.15) is 13.2 Å². The second-order valence-corrected chi connectivity index (χ2v) is 21.0. The van der Waals surface area contributed by atoms with Crippen LogP contribution >= 0.6 is 7.82 Å². The highest BCUT2D eigenvalue weighted by Crippen LogP contribution is 2.43. The molecule has 0 fully saturated rings. The molecule has 9 heteroatoms. The predicted molar refractivity (Wildman–Crippen MR) is 277 cm³/mol. The number of hydrogen-bond donors (Lipinski definition) is 3. The Hall–Kier alpha value is -1.54. The lowest BCUT2D eigenvalue weighted by atomic mass is 10.0. The Morgan fingerprint density at radius 2 is 0.938 bits per heavy atom. The first-order valence-electron chi connectivity index (χ1n) is 27.0. The number of amides is 1. The number of phosphoric acid groups is 1. The summed E-state index contributed by atoms with van der Waals surface area (Å²) in [7, 11) is 1.54. The summed E-state index contributed by atoms with van der Waals surface area (Å²) in [5, 5.41) is 13.9. The van der Waals surface area contributed by atoms with E-state index in [4.69, 9.17) is 9.05 Å². The molecular formula is C55H106N2O6P+. The minimum absolute atomic E-state index is 0.0522. The third-order valence-electron chi connectivity index (χ3n) is 12.0. The van der Waals surface area contributed by atoms with Crippen LogP contribution in [0.25, 0.3) is 0 Å². The number of nitrogens with one attached hydrogen (secondary N) is 1. The fraction of sp³-hybridized carbons (Fsp3) is 0.836. The van der Waals surface area contributed by atoms with Gasteiger partial charge in [-0.1, -0.05) is 229 Å². The molecule has 0 heterocycles. The molecule has 0 aromatic heterocycles. The lowest BCUT2D eigenvalue weighted by molar-refractivity contribution is -0.870. The van der Waals surface area contributed by atoms with E-state index in [0.717, 1.165) is 70.6 Å². The van der Waals surface area contributed by atoms with Crippen molar-refractivity contribution in [3.63, 3.8) is 0 Å². The average Bonchev–Trinajstić information content (AvgIpc) is 3.25. The van der Waals surface area contributed by atoms with Gasteiger partial charge in [-0.05, 0) is 57.8 Å². The number of carbonyl (C=O) groups is 1. The fourth-order valence-electron chi connectivity index (χ4n) is 7.74. The quantitative estimate of drug-likeness (QED) is 0.0243. The zero-order chi connectivity index (χ0) is 47.1. The summed E-state index contributed by atoms with van der Waals surface area (Å²) in [6.45, 7) is 4.73. The number of carbonyl (C=O) groups excluding carboxylic acids is 1. The minimum Gasteiger partial charge on any atom is -0.387 e. The van der Waals surface area contributed by atoms with E-state index in [0.29, 0.717) is 17.4 Å². The molecule has 0 spiro atoms. The van der Waals surface area contributed by atoms with Crippen LogP contribution < -0.4 is 5.32 Å². The van der Waals surface area contributed by atoms with Gasteiger partial charge in [-0.15, -0.1) is 0 Å². The van der Waals surface area contributed by atoms with Crippen molar-refractivity contribution >= 4 is 13.7 Å². The lowest BCUT2D eigenvalue weighted by Gasteiger charge is -2.25. The maximum atomic E-state index is 12.9. The normalized spacial score (nSPS) is 14.4. The molecule has 0 aromatic rings. The number of aliphatic hydroxyl groups is 1. The van der Waals surface area contributed by atoms with Crippen LogP contribution in [0.5, 0.6) is 0 Å². The van der Waals surface area contributed by atoms with Gasteiger partial charge in [-0.3, -0.25) is 13.8 Å². The van der Waals surface area contributed by atoms with Crippen LogP contribution in [-0.4, -0.2) is 73.4 Å². The van der Waals surface area contributed by atoms with Crippen molar-refractivity contribution in [2.24, 2.45) is 0 Å². The van der Waals surface area contributed by atoms with Gasteiger partial charge in [0.15, 0.2) is 0 Å². The predicted octanol–water partition coefficient (Wildman–Crippen LogP) is 16.0. The van der Waals surface area contributed by atoms with E-state index in [1.807, 2.05) is 27.2 Å². The van der Waals surface area contributed by atoms with Gasteiger partial charge >= 0.3 is 7.82 Å². The number of phosphoric ester groups is 1. The van der Waals surface area contributed by atoms with E-state index in [2.05, 4.69) is 55.6 Å². The SMILES string of the molecule is CCC/C=C\C/C=C\CCCCCCCC(=O)NC(COP(=O)(O)OCC[N+](C)(C)C)C(O)/C=C/CC/C=C/CCCCCCCCCCCCCCCCCCCCCCCCC. The smallest absolute Gasteiger partial charge is 0.387 e. The third-order valence-corrected chi connectivity index (χ3v) is 13.0. The van der Waals surface area contributed by atoms with E-state index in [-0.39, 0.29) is 19.1 Å².